The van der Waals surface area contributed by atoms with Gasteiger partial charge in [0, 0.05) is 31.1 Å². The van der Waals surface area contributed by atoms with Gasteiger partial charge in [0.15, 0.2) is 0 Å². The lowest BCUT2D eigenvalue weighted by Gasteiger charge is -2.16. The Morgan fingerprint density at radius 3 is 2.82 bits per heavy atom. The van der Waals surface area contributed by atoms with Crippen molar-refractivity contribution in [2.24, 2.45) is 0 Å². The zero-order chi connectivity index (χ0) is 12.8. The Kier molecular flexibility index (Phi) is 4.61. The zero-order valence-electron chi connectivity index (χ0n) is 10.0. The predicted octanol–water partition coefficient (Wildman–Crippen LogP) is 2.25. The van der Waals surface area contributed by atoms with E-state index in [-0.39, 0.29) is 10.6 Å². The number of hydrogen-bond donors (Lipinski definition) is 0. The van der Waals surface area contributed by atoms with Crippen molar-refractivity contribution >= 4 is 5.69 Å². The fraction of sp³-hybridized carbons (Fsp3) is 0.417. The maximum atomic E-state index is 10.8. The maximum absolute atomic E-state index is 10.8. The summed E-state index contributed by atoms with van der Waals surface area (Å²) in [6.45, 7) is 3.04. The van der Waals surface area contributed by atoms with Gasteiger partial charge in [0.25, 0.3) is 5.69 Å². The Labute approximate surface area is 100 Å². The van der Waals surface area contributed by atoms with Crippen LogP contribution in [-0.2, 0) is 6.54 Å². The van der Waals surface area contributed by atoms with Gasteiger partial charge in [-0.1, -0.05) is 12.1 Å². The van der Waals surface area contributed by atoms with Gasteiger partial charge in [0.2, 0.25) is 0 Å². The van der Waals surface area contributed by atoms with Crippen molar-refractivity contribution in [2.45, 2.75) is 19.9 Å². The first-order valence-electron chi connectivity index (χ1n) is 5.34. The molecule has 90 valence electrons. The molecule has 17 heavy (non-hydrogen) atoms. The molecule has 0 bridgehead atoms. The number of nitrogens with zero attached hydrogens (tertiary/aromatic N) is 3. The highest BCUT2D eigenvalue weighted by atomic mass is 16.6. The van der Waals surface area contributed by atoms with Gasteiger partial charge in [0.05, 0.1) is 11.0 Å². The van der Waals surface area contributed by atoms with Crippen molar-refractivity contribution < 1.29 is 4.92 Å². The van der Waals surface area contributed by atoms with Crippen molar-refractivity contribution in [1.29, 1.82) is 5.26 Å². The summed E-state index contributed by atoms with van der Waals surface area (Å²) in [5.41, 5.74) is 1.78. The van der Waals surface area contributed by atoms with Crippen LogP contribution in [0.5, 0.6) is 0 Å². The molecule has 0 aliphatic rings. The first kappa shape index (κ1) is 13.1. The lowest BCUT2D eigenvalue weighted by molar-refractivity contribution is -0.385. The highest BCUT2D eigenvalue weighted by Crippen LogP contribution is 2.21. The van der Waals surface area contributed by atoms with E-state index in [1.807, 2.05) is 18.0 Å². The number of rotatable bonds is 5. The van der Waals surface area contributed by atoms with Crippen LogP contribution in [0.3, 0.4) is 0 Å². The second-order valence-electron chi connectivity index (χ2n) is 3.96. The minimum absolute atomic E-state index is 0.149. The minimum Gasteiger partial charge on any atom is -0.301 e. The summed E-state index contributed by atoms with van der Waals surface area (Å²) in [7, 11) is 1.90. The molecule has 0 saturated heterocycles. The first-order chi connectivity index (χ1) is 8.06. The SMILES string of the molecule is Cc1c(CN(C)CCC#N)cccc1[N+](=O)[O-]. The van der Waals surface area contributed by atoms with E-state index in [4.69, 9.17) is 5.26 Å². The van der Waals surface area contributed by atoms with Crippen molar-refractivity contribution in [3.05, 3.63) is 39.4 Å². The molecule has 0 saturated carbocycles. The van der Waals surface area contributed by atoms with Gasteiger partial charge in [-0.05, 0) is 19.5 Å². The van der Waals surface area contributed by atoms with Gasteiger partial charge in [0.1, 0.15) is 0 Å². The molecule has 5 nitrogen and oxygen atoms in total. The molecule has 0 radical (unpaired) electrons. The number of nitriles is 1. The predicted molar refractivity (Wildman–Crippen MR) is 64.4 cm³/mol. The van der Waals surface area contributed by atoms with Gasteiger partial charge in [-0.3, -0.25) is 10.1 Å². The molecule has 0 aliphatic carbocycles. The number of hydrogen-bond acceptors (Lipinski definition) is 4. The van der Waals surface area contributed by atoms with E-state index in [9.17, 15) is 10.1 Å². The monoisotopic (exact) mass is 233 g/mol. The molecule has 0 fully saturated rings. The Hall–Kier alpha value is -1.93. The van der Waals surface area contributed by atoms with Crippen LogP contribution in [0.1, 0.15) is 17.5 Å². The first-order valence-corrected chi connectivity index (χ1v) is 5.34. The average Bonchev–Trinajstić information content (AvgIpc) is 2.28. The molecule has 0 amide bonds. The molecular weight excluding hydrogens is 218 g/mol. The minimum atomic E-state index is -0.367. The van der Waals surface area contributed by atoms with E-state index >= 15 is 0 Å². The highest BCUT2D eigenvalue weighted by molar-refractivity contribution is 5.44. The second kappa shape index (κ2) is 5.97. The van der Waals surface area contributed by atoms with Crippen molar-refractivity contribution in [3.8, 4) is 6.07 Å². The molecule has 5 heteroatoms. The quantitative estimate of drug-likeness (QED) is 0.577. The zero-order valence-corrected chi connectivity index (χ0v) is 10.0. The van der Waals surface area contributed by atoms with Crippen molar-refractivity contribution in [1.82, 2.24) is 4.90 Å². The lowest BCUT2D eigenvalue weighted by atomic mass is 10.1. The van der Waals surface area contributed by atoms with Gasteiger partial charge < -0.3 is 4.90 Å². The topological polar surface area (TPSA) is 70.2 Å². The summed E-state index contributed by atoms with van der Waals surface area (Å²) in [4.78, 5) is 12.4. The van der Waals surface area contributed by atoms with Crippen LogP contribution >= 0.6 is 0 Å². The fourth-order valence-corrected chi connectivity index (χ4v) is 1.65. The van der Waals surface area contributed by atoms with Crippen LogP contribution in [0.15, 0.2) is 18.2 Å². The molecular formula is C12H15N3O2. The molecule has 0 aliphatic heterocycles. The van der Waals surface area contributed by atoms with Gasteiger partial charge >= 0.3 is 0 Å². The van der Waals surface area contributed by atoms with E-state index in [2.05, 4.69) is 6.07 Å². The molecule has 1 rings (SSSR count). The molecule has 0 N–H and O–H groups in total. The van der Waals surface area contributed by atoms with Crippen LogP contribution in [0.4, 0.5) is 5.69 Å². The standard InChI is InChI=1S/C12H15N3O2/c1-10-11(9-14(2)8-4-7-13)5-3-6-12(10)15(16)17/h3,5-6H,4,8-9H2,1-2H3. The third kappa shape index (κ3) is 3.54. The second-order valence-corrected chi connectivity index (χ2v) is 3.96. The number of benzene rings is 1. The van der Waals surface area contributed by atoms with Crippen LogP contribution < -0.4 is 0 Å². The van der Waals surface area contributed by atoms with Crippen molar-refractivity contribution in [3.63, 3.8) is 0 Å². The summed E-state index contributed by atoms with van der Waals surface area (Å²) in [5.74, 6) is 0. The van der Waals surface area contributed by atoms with Gasteiger partial charge in [-0.25, -0.2) is 0 Å². The molecule has 1 aromatic carbocycles. The Morgan fingerprint density at radius 2 is 2.24 bits per heavy atom. The van der Waals surface area contributed by atoms with Crippen LogP contribution in [-0.4, -0.2) is 23.4 Å². The number of nitro benzene ring substituents is 1. The lowest BCUT2D eigenvalue weighted by Crippen LogP contribution is -2.19. The van der Waals surface area contributed by atoms with E-state index in [1.165, 1.54) is 6.07 Å². The summed E-state index contributed by atoms with van der Waals surface area (Å²) in [5, 5.41) is 19.3. The van der Waals surface area contributed by atoms with E-state index in [0.717, 1.165) is 5.56 Å². The molecule has 0 unspecified atom stereocenters. The molecule has 0 aromatic heterocycles. The molecule has 0 spiro atoms. The smallest absolute Gasteiger partial charge is 0.272 e. The maximum Gasteiger partial charge on any atom is 0.272 e. The third-order valence-corrected chi connectivity index (χ3v) is 2.66. The highest BCUT2D eigenvalue weighted by Gasteiger charge is 2.13. The Balaban J connectivity index is 2.82. The van der Waals surface area contributed by atoms with Gasteiger partial charge in [-0.15, -0.1) is 0 Å². The van der Waals surface area contributed by atoms with E-state index in [1.54, 1.807) is 13.0 Å². The third-order valence-electron chi connectivity index (χ3n) is 2.66. The molecule has 0 atom stereocenters. The molecule has 0 heterocycles. The van der Waals surface area contributed by atoms with Crippen LogP contribution in [0, 0.1) is 28.4 Å². The van der Waals surface area contributed by atoms with Crippen molar-refractivity contribution in [2.75, 3.05) is 13.6 Å². The number of nitro groups is 1. The van der Waals surface area contributed by atoms with E-state index < -0.39 is 0 Å². The van der Waals surface area contributed by atoms with E-state index in [0.29, 0.717) is 25.1 Å². The summed E-state index contributed by atoms with van der Waals surface area (Å²) in [6.07, 6.45) is 0.463. The van der Waals surface area contributed by atoms with Crippen LogP contribution in [0.2, 0.25) is 0 Å². The Morgan fingerprint density at radius 1 is 1.53 bits per heavy atom. The fourth-order valence-electron chi connectivity index (χ4n) is 1.65. The molecule has 1 aromatic rings. The summed E-state index contributed by atoms with van der Waals surface area (Å²) >= 11 is 0. The largest absolute Gasteiger partial charge is 0.301 e. The van der Waals surface area contributed by atoms with Crippen LogP contribution in [0.25, 0.3) is 0 Å². The Bertz CT molecular complexity index is 452. The average molecular weight is 233 g/mol. The van der Waals surface area contributed by atoms with Gasteiger partial charge in [-0.2, -0.15) is 5.26 Å². The normalized spacial score (nSPS) is 10.2. The summed E-state index contributed by atoms with van der Waals surface area (Å²) < 4.78 is 0. The summed E-state index contributed by atoms with van der Waals surface area (Å²) in [6, 6.07) is 7.16.